The van der Waals surface area contributed by atoms with E-state index in [1.54, 1.807) is 42.5 Å². The summed E-state index contributed by atoms with van der Waals surface area (Å²) in [6.07, 6.45) is 1.45. The van der Waals surface area contributed by atoms with E-state index in [2.05, 4.69) is 26.5 Å². The summed E-state index contributed by atoms with van der Waals surface area (Å²) in [5.41, 5.74) is 3.35. The molecule has 0 aromatic heterocycles. The van der Waals surface area contributed by atoms with Crippen molar-refractivity contribution < 1.29 is 19.1 Å². The second-order valence-corrected chi connectivity index (χ2v) is 8.48. The second kappa shape index (κ2) is 11.0. The average Bonchev–Trinajstić information content (AvgIpc) is 2.85. The molecule has 34 heavy (non-hydrogen) atoms. The summed E-state index contributed by atoms with van der Waals surface area (Å²) in [4.78, 5) is 24.8. The number of hydrazone groups is 1. The van der Waals surface area contributed by atoms with E-state index in [1.807, 2.05) is 42.5 Å². The number of fused-ring (bicyclic) bond motifs is 1. The fraction of sp³-hybridized carbons (Fsp3) is 0.0385. The normalized spacial score (nSPS) is 10.9. The first-order chi connectivity index (χ1) is 16.5. The Morgan fingerprint density at radius 2 is 1.68 bits per heavy atom. The number of carbonyl (C=O) groups is 2. The molecule has 0 unspecified atom stereocenters. The van der Waals surface area contributed by atoms with Crippen LogP contribution >= 0.6 is 27.5 Å². The summed E-state index contributed by atoms with van der Waals surface area (Å²) in [5.74, 6) is -0.0943. The number of hydrogen-bond donors (Lipinski definition) is 1. The third kappa shape index (κ3) is 6.01. The van der Waals surface area contributed by atoms with Crippen LogP contribution in [0.1, 0.15) is 15.9 Å². The SMILES string of the molecule is O=C(COc1ccc(Br)cc1)N/N=C/c1c(OC(=O)c2ccc(Cl)cc2)ccc2ccccc12. The topological polar surface area (TPSA) is 77.0 Å². The summed E-state index contributed by atoms with van der Waals surface area (Å²) in [5, 5.41) is 6.32. The molecular weight excluding hydrogens is 520 g/mol. The molecule has 0 saturated carbocycles. The molecule has 6 nitrogen and oxygen atoms in total. The first kappa shape index (κ1) is 23.5. The Balaban J connectivity index is 1.50. The minimum absolute atomic E-state index is 0.201. The number of nitrogens with zero attached hydrogens (tertiary/aromatic N) is 1. The molecule has 0 bridgehead atoms. The van der Waals surface area contributed by atoms with Gasteiger partial charge in [0.1, 0.15) is 11.5 Å². The van der Waals surface area contributed by atoms with Crippen molar-refractivity contribution in [2.45, 2.75) is 0 Å². The molecule has 0 aliphatic heterocycles. The highest BCUT2D eigenvalue weighted by atomic mass is 79.9. The predicted molar refractivity (Wildman–Crippen MR) is 136 cm³/mol. The second-order valence-electron chi connectivity index (χ2n) is 7.13. The Morgan fingerprint density at radius 3 is 2.44 bits per heavy atom. The van der Waals surface area contributed by atoms with Crippen molar-refractivity contribution in [3.05, 3.63) is 106 Å². The lowest BCUT2D eigenvalue weighted by molar-refractivity contribution is -0.123. The van der Waals surface area contributed by atoms with Crippen molar-refractivity contribution >= 4 is 56.4 Å². The number of amides is 1. The van der Waals surface area contributed by atoms with Crippen molar-refractivity contribution in [1.29, 1.82) is 0 Å². The quantitative estimate of drug-likeness (QED) is 0.136. The number of benzene rings is 4. The van der Waals surface area contributed by atoms with Gasteiger partial charge in [-0.25, -0.2) is 10.2 Å². The van der Waals surface area contributed by atoms with Crippen molar-refractivity contribution in [3.8, 4) is 11.5 Å². The number of carbonyl (C=O) groups excluding carboxylic acids is 2. The van der Waals surface area contributed by atoms with Crippen molar-refractivity contribution in [2.75, 3.05) is 6.61 Å². The van der Waals surface area contributed by atoms with Crippen molar-refractivity contribution in [1.82, 2.24) is 5.43 Å². The predicted octanol–water partition coefficient (Wildman–Crippen LogP) is 6.00. The van der Waals surface area contributed by atoms with Gasteiger partial charge in [-0.05, 0) is 65.4 Å². The minimum atomic E-state index is -0.534. The number of hydrogen-bond acceptors (Lipinski definition) is 5. The number of rotatable bonds is 7. The molecule has 0 spiro atoms. The van der Waals surface area contributed by atoms with Gasteiger partial charge >= 0.3 is 5.97 Å². The molecule has 0 aliphatic carbocycles. The van der Waals surface area contributed by atoms with E-state index >= 15 is 0 Å². The number of esters is 1. The Kier molecular flexibility index (Phi) is 7.57. The van der Waals surface area contributed by atoms with Gasteiger partial charge in [0.05, 0.1) is 11.8 Å². The van der Waals surface area contributed by atoms with Crippen LogP contribution in [-0.2, 0) is 4.79 Å². The molecule has 4 aromatic carbocycles. The van der Waals surface area contributed by atoms with Gasteiger partial charge in [0.25, 0.3) is 5.91 Å². The van der Waals surface area contributed by atoms with Gasteiger partial charge in [-0.15, -0.1) is 0 Å². The van der Waals surface area contributed by atoms with E-state index in [4.69, 9.17) is 21.1 Å². The maximum atomic E-state index is 12.6. The smallest absolute Gasteiger partial charge is 0.343 e. The van der Waals surface area contributed by atoms with E-state index in [0.29, 0.717) is 27.6 Å². The highest BCUT2D eigenvalue weighted by molar-refractivity contribution is 9.10. The third-order valence-electron chi connectivity index (χ3n) is 4.78. The summed E-state index contributed by atoms with van der Waals surface area (Å²) in [6, 6.07) is 24.7. The molecule has 1 amide bonds. The van der Waals surface area contributed by atoms with Crippen LogP contribution in [0.3, 0.4) is 0 Å². The van der Waals surface area contributed by atoms with E-state index in [9.17, 15) is 9.59 Å². The van der Waals surface area contributed by atoms with Gasteiger partial charge in [0.2, 0.25) is 0 Å². The lowest BCUT2D eigenvalue weighted by atomic mass is 10.0. The van der Waals surface area contributed by atoms with Gasteiger partial charge in [0.15, 0.2) is 6.61 Å². The molecule has 0 fully saturated rings. The summed E-state index contributed by atoms with van der Waals surface area (Å²) in [7, 11) is 0. The average molecular weight is 538 g/mol. The van der Waals surface area contributed by atoms with Gasteiger partial charge in [-0.2, -0.15) is 5.10 Å². The molecular formula is C26H18BrClN2O4. The zero-order valence-electron chi connectivity index (χ0n) is 17.7. The fourth-order valence-electron chi connectivity index (χ4n) is 3.12. The number of halogens is 2. The van der Waals surface area contributed by atoms with Crippen LogP contribution in [0, 0.1) is 0 Å². The molecule has 4 rings (SSSR count). The monoisotopic (exact) mass is 536 g/mol. The van der Waals surface area contributed by atoms with Crippen molar-refractivity contribution in [2.24, 2.45) is 5.10 Å². The molecule has 1 N–H and O–H groups in total. The Morgan fingerprint density at radius 1 is 0.941 bits per heavy atom. The summed E-state index contributed by atoms with van der Waals surface area (Å²) in [6.45, 7) is -0.201. The van der Waals surface area contributed by atoms with E-state index < -0.39 is 11.9 Å². The van der Waals surface area contributed by atoms with Crippen LogP contribution in [0.5, 0.6) is 11.5 Å². The van der Waals surface area contributed by atoms with Crippen LogP contribution in [-0.4, -0.2) is 24.7 Å². The lowest BCUT2D eigenvalue weighted by Crippen LogP contribution is -2.24. The maximum Gasteiger partial charge on any atom is 0.343 e. The first-order valence-electron chi connectivity index (χ1n) is 10.2. The molecule has 0 aliphatic rings. The summed E-state index contributed by atoms with van der Waals surface area (Å²) < 4.78 is 12.0. The Hall–Kier alpha value is -3.68. The van der Waals surface area contributed by atoms with Gasteiger partial charge in [-0.1, -0.05) is 57.9 Å². The first-order valence-corrected chi connectivity index (χ1v) is 11.4. The lowest BCUT2D eigenvalue weighted by Gasteiger charge is -2.11. The molecule has 0 atom stereocenters. The molecule has 4 aromatic rings. The molecule has 170 valence electrons. The van der Waals surface area contributed by atoms with Crippen LogP contribution in [0.15, 0.2) is 94.5 Å². The molecule has 8 heteroatoms. The van der Waals surface area contributed by atoms with Crippen LogP contribution in [0.25, 0.3) is 10.8 Å². The molecule has 0 saturated heterocycles. The van der Waals surface area contributed by atoms with E-state index in [0.717, 1.165) is 15.2 Å². The van der Waals surface area contributed by atoms with Gasteiger partial charge in [0, 0.05) is 15.1 Å². The number of ether oxygens (including phenoxy) is 2. The van der Waals surface area contributed by atoms with E-state index in [1.165, 1.54) is 6.21 Å². The van der Waals surface area contributed by atoms with Crippen LogP contribution < -0.4 is 14.9 Å². The molecule has 0 heterocycles. The van der Waals surface area contributed by atoms with Crippen molar-refractivity contribution in [3.63, 3.8) is 0 Å². The third-order valence-corrected chi connectivity index (χ3v) is 5.56. The Labute approximate surface area is 209 Å². The van der Waals surface area contributed by atoms with Crippen LogP contribution in [0.4, 0.5) is 0 Å². The van der Waals surface area contributed by atoms with Gasteiger partial charge < -0.3 is 9.47 Å². The summed E-state index contributed by atoms with van der Waals surface area (Å²) >= 11 is 9.24. The largest absolute Gasteiger partial charge is 0.484 e. The van der Waals surface area contributed by atoms with Gasteiger partial charge in [-0.3, -0.25) is 4.79 Å². The highest BCUT2D eigenvalue weighted by Gasteiger charge is 2.14. The Bertz CT molecular complexity index is 1360. The fourth-order valence-corrected chi connectivity index (χ4v) is 3.51. The number of nitrogens with one attached hydrogen (secondary N) is 1. The van der Waals surface area contributed by atoms with Crippen LogP contribution in [0.2, 0.25) is 5.02 Å². The zero-order valence-corrected chi connectivity index (χ0v) is 20.0. The minimum Gasteiger partial charge on any atom is -0.484 e. The highest BCUT2D eigenvalue weighted by Crippen LogP contribution is 2.27. The maximum absolute atomic E-state index is 12.6. The van der Waals surface area contributed by atoms with E-state index in [-0.39, 0.29) is 6.61 Å². The zero-order chi connectivity index (χ0) is 23.9. The standard InChI is InChI=1S/C26H18BrClN2O4/c27-19-8-12-21(13-9-19)33-16-25(31)30-29-15-23-22-4-2-1-3-17(22)7-14-24(23)34-26(32)18-5-10-20(28)11-6-18/h1-15H,16H2,(H,30,31)/b29-15+. The molecule has 0 radical (unpaired) electrons.